The molecular formula is C10H20N2O4S. The monoisotopic (exact) mass is 264 g/mol. The molecule has 0 aromatic rings. The van der Waals surface area contributed by atoms with Gasteiger partial charge in [-0.1, -0.05) is 0 Å². The number of hydrogen-bond donors (Lipinski definition) is 1. The molecule has 0 atom stereocenters. The Morgan fingerprint density at radius 2 is 1.94 bits per heavy atom. The minimum Gasteiger partial charge on any atom is -0.480 e. The first-order valence-electron chi connectivity index (χ1n) is 5.70. The summed E-state index contributed by atoms with van der Waals surface area (Å²) < 4.78 is 26.6. The Hall–Kier alpha value is -0.660. The zero-order chi connectivity index (χ0) is 13.2. The number of aliphatic carboxylic acids is 1. The third-order valence-electron chi connectivity index (χ3n) is 2.77. The lowest BCUT2D eigenvalue weighted by Crippen LogP contribution is -2.48. The molecule has 0 bridgehead atoms. The van der Waals surface area contributed by atoms with Crippen LogP contribution in [0.15, 0.2) is 0 Å². The van der Waals surface area contributed by atoms with Crippen molar-refractivity contribution in [2.75, 3.05) is 20.1 Å². The molecular weight excluding hydrogens is 244 g/mol. The van der Waals surface area contributed by atoms with E-state index in [1.54, 1.807) is 13.8 Å². The molecule has 0 spiro atoms. The molecule has 0 aliphatic heterocycles. The first kappa shape index (κ1) is 14.4. The Balaban J connectivity index is 2.78. The highest BCUT2D eigenvalue weighted by atomic mass is 32.2. The second-order valence-corrected chi connectivity index (χ2v) is 6.75. The lowest BCUT2D eigenvalue weighted by Gasteiger charge is -2.29. The van der Waals surface area contributed by atoms with Crippen molar-refractivity contribution in [1.29, 1.82) is 0 Å². The summed E-state index contributed by atoms with van der Waals surface area (Å²) in [6, 6.07) is -0.363. The molecule has 7 heteroatoms. The van der Waals surface area contributed by atoms with E-state index in [4.69, 9.17) is 5.11 Å². The van der Waals surface area contributed by atoms with Crippen molar-refractivity contribution in [2.45, 2.75) is 32.7 Å². The minimum absolute atomic E-state index is 0.363. The van der Waals surface area contributed by atoms with Crippen LogP contribution in [0.1, 0.15) is 26.7 Å². The van der Waals surface area contributed by atoms with E-state index >= 15 is 0 Å². The Labute approximate surface area is 102 Å². The molecule has 17 heavy (non-hydrogen) atoms. The van der Waals surface area contributed by atoms with E-state index in [1.807, 2.05) is 0 Å². The van der Waals surface area contributed by atoms with Crippen LogP contribution in [0.4, 0.5) is 0 Å². The normalized spacial score (nSPS) is 17.1. The molecule has 1 fully saturated rings. The van der Waals surface area contributed by atoms with Crippen LogP contribution in [0.3, 0.4) is 0 Å². The van der Waals surface area contributed by atoms with Gasteiger partial charge < -0.3 is 5.11 Å². The fraction of sp³-hybridized carbons (Fsp3) is 0.900. The number of carboxylic acids is 1. The molecule has 100 valence electrons. The molecule has 0 radical (unpaired) electrons. The molecule has 0 aromatic carbocycles. The number of hydrogen-bond acceptors (Lipinski definition) is 3. The quantitative estimate of drug-likeness (QED) is 0.720. The van der Waals surface area contributed by atoms with Gasteiger partial charge in [0.15, 0.2) is 0 Å². The Morgan fingerprint density at radius 3 is 2.29 bits per heavy atom. The molecule has 0 unspecified atom stereocenters. The van der Waals surface area contributed by atoms with Crippen molar-refractivity contribution >= 4 is 16.2 Å². The lowest BCUT2D eigenvalue weighted by atomic mass is 10.4. The second kappa shape index (κ2) is 5.32. The Morgan fingerprint density at radius 1 is 1.41 bits per heavy atom. The van der Waals surface area contributed by atoms with Crippen LogP contribution >= 0.6 is 0 Å². The molecule has 1 aliphatic rings. The molecule has 0 amide bonds. The summed E-state index contributed by atoms with van der Waals surface area (Å²) >= 11 is 0. The van der Waals surface area contributed by atoms with Gasteiger partial charge in [-0.2, -0.15) is 17.0 Å². The Bertz CT molecular complexity index is 376. The fourth-order valence-corrected chi connectivity index (χ4v) is 3.16. The summed E-state index contributed by atoms with van der Waals surface area (Å²) in [5.74, 6) is -0.698. The lowest BCUT2D eigenvalue weighted by molar-refractivity contribution is -0.137. The van der Waals surface area contributed by atoms with Gasteiger partial charge in [0.2, 0.25) is 0 Å². The largest absolute Gasteiger partial charge is 0.480 e. The molecule has 0 heterocycles. The van der Waals surface area contributed by atoms with Gasteiger partial charge in [-0.3, -0.25) is 4.79 Å². The van der Waals surface area contributed by atoms with Gasteiger partial charge >= 0.3 is 5.97 Å². The SMILES string of the molecule is CC(C)N(CC(=O)O)S(=O)(=O)N(C)CC1CC1. The zero-order valence-electron chi connectivity index (χ0n) is 10.5. The van der Waals surface area contributed by atoms with Gasteiger partial charge in [0, 0.05) is 19.6 Å². The molecule has 1 rings (SSSR count). The number of rotatable bonds is 7. The van der Waals surface area contributed by atoms with Crippen LogP contribution < -0.4 is 0 Å². The summed E-state index contributed by atoms with van der Waals surface area (Å²) in [6.45, 7) is 3.33. The molecule has 0 saturated heterocycles. The average molecular weight is 264 g/mol. The number of carbonyl (C=O) groups is 1. The highest BCUT2D eigenvalue weighted by molar-refractivity contribution is 7.86. The van der Waals surface area contributed by atoms with Gasteiger partial charge in [-0.05, 0) is 32.6 Å². The van der Waals surface area contributed by atoms with E-state index in [9.17, 15) is 13.2 Å². The van der Waals surface area contributed by atoms with Crippen LogP contribution in [0.2, 0.25) is 0 Å². The molecule has 6 nitrogen and oxygen atoms in total. The van der Waals surface area contributed by atoms with Crippen LogP contribution in [0, 0.1) is 5.92 Å². The van der Waals surface area contributed by atoms with Crippen LogP contribution in [-0.2, 0) is 15.0 Å². The summed E-state index contributed by atoms with van der Waals surface area (Å²) in [4.78, 5) is 10.7. The summed E-state index contributed by atoms with van der Waals surface area (Å²) in [5.41, 5.74) is 0. The molecule has 1 N–H and O–H groups in total. The predicted octanol–water partition coefficient (Wildman–Crippen LogP) is 0.368. The summed E-state index contributed by atoms with van der Waals surface area (Å²) in [6.07, 6.45) is 2.11. The van der Waals surface area contributed by atoms with Crippen molar-refractivity contribution < 1.29 is 18.3 Å². The highest BCUT2D eigenvalue weighted by Gasteiger charge is 2.34. The van der Waals surface area contributed by atoms with Crippen molar-refractivity contribution in [2.24, 2.45) is 5.92 Å². The zero-order valence-corrected chi connectivity index (χ0v) is 11.3. The van der Waals surface area contributed by atoms with Gasteiger partial charge in [-0.25, -0.2) is 0 Å². The van der Waals surface area contributed by atoms with Gasteiger partial charge in [0.25, 0.3) is 10.2 Å². The number of carboxylic acid groups (broad SMARTS) is 1. The first-order chi connectivity index (χ1) is 7.75. The van der Waals surface area contributed by atoms with E-state index in [0.29, 0.717) is 12.5 Å². The fourth-order valence-electron chi connectivity index (χ4n) is 1.60. The second-order valence-electron chi connectivity index (χ2n) is 4.76. The van der Waals surface area contributed by atoms with Crippen molar-refractivity contribution in [3.8, 4) is 0 Å². The summed E-state index contributed by atoms with van der Waals surface area (Å²) in [5, 5.41) is 8.75. The number of nitrogens with zero attached hydrogens (tertiary/aromatic N) is 2. The first-order valence-corrected chi connectivity index (χ1v) is 7.09. The average Bonchev–Trinajstić information content (AvgIpc) is 2.96. The van der Waals surface area contributed by atoms with Crippen LogP contribution in [0.5, 0.6) is 0 Å². The smallest absolute Gasteiger partial charge is 0.318 e. The van der Waals surface area contributed by atoms with Gasteiger partial charge in [0.05, 0.1) is 0 Å². The van der Waals surface area contributed by atoms with Crippen LogP contribution in [-0.4, -0.2) is 54.3 Å². The summed E-state index contributed by atoms with van der Waals surface area (Å²) in [7, 11) is -2.16. The van der Waals surface area contributed by atoms with Crippen LogP contribution in [0.25, 0.3) is 0 Å². The van der Waals surface area contributed by atoms with Crippen molar-refractivity contribution in [1.82, 2.24) is 8.61 Å². The van der Waals surface area contributed by atoms with E-state index in [0.717, 1.165) is 17.1 Å². The Kier molecular flexibility index (Phi) is 4.51. The van der Waals surface area contributed by atoms with E-state index in [-0.39, 0.29) is 6.04 Å². The standard InChI is InChI=1S/C10H20N2O4S/c1-8(2)12(7-10(13)14)17(15,16)11(3)6-9-4-5-9/h8-9H,4-7H2,1-3H3,(H,13,14). The molecule has 1 aliphatic carbocycles. The van der Waals surface area contributed by atoms with Gasteiger partial charge in [-0.15, -0.1) is 0 Å². The minimum atomic E-state index is -3.66. The van der Waals surface area contributed by atoms with Crippen molar-refractivity contribution in [3.05, 3.63) is 0 Å². The predicted molar refractivity (Wildman–Crippen MR) is 63.8 cm³/mol. The topological polar surface area (TPSA) is 77.9 Å². The third kappa shape index (κ3) is 3.93. The van der Waals surface area contributed by atoms with E-state index in [1.165, 1.54) is 11.4 Å². The highest BCUT2D eigenvalue weighted by Crippen LogP contribution is 2.30. The maximum Gasteiger partial charge on any atom is 0.318 e. The maximum atomic E-state index is 12.2. The van der Waals surface area contributed by atoms with Gasteiger partial charge in [0.1, 0.15) is 6.54 Å². The molecule has 1 saturated carbocycles. The maximum absolute atomic E-state index is 12.2. The van der Waals surface area contributed by atoms with E-state index < -0.39 is 22.7 Å². The van der Waals surface area contributed by atoms with E-state index in [2.05, 4.69) is 0 Å². The molecule has 0 aromatic heterocycles. The third-order valence-corrected chi connectivity index (χ3v) is 4.85. The van der Waals surface area contributed by atoms with Crippen molar-refractivity contribution in [3.63, 3.8) is 0 Å².